The molecule has 0 bridgehead atoms. The van der Waals surface area contributed by atoms with Gasteiger partial charge in [0.1, 0.15) is 0 Å². The minimum atomic E-state index is -0.289. The highest BCUT2D eigenvalue weighted by Crippen LogP contribution is 2.17. The van der Waals surface area contributed by atoms with Crippen molar-refractivity contribution in [1.82, 2.24) is 14.5 Å². The first-order valence-electron chi connectivity index (χ1n) is 7.78. The summed E-state index contributed by atoms with van der Waals surface area (Å²) >= 11 is 7.74. The highest BCUT2D eigenvalue weighted by atomic mass is 35.5. The first kappa shape index (κ1) is 18.8. The zero-order valence-corrected chi connectivity index (χ0v) is 15.5. The van der Waals surface area contributed by atoms with E-state index in [-0.39, 0.29) is 18.4 Å². The number of halogens is 1. The molecule has 1 aliphatic rings. The van der Waals surface area contributed by atoms with E-state index < -0.39 is 0 Å². The van der Waals surface area contributed by atoms with Crippen LogP contribution in [0.1, 0.15) is 11.1 Å². The molecular weight excluding hydrogens is 346 g/mol. The molecule has 130 valence electrons. The fraction of sp³-hybridized carbons (Fsp3) is 0.412. The van der Waals surface area contributed by atoms with E-state index in [1.807, 2.05) is 25.3 Å². The van der Waals surface area contributed by atoms with Crippen LogP contribution in [0.25, 0.3) is 6.08 Å². The van der Waals surface area contributed by atoms with E-state index in [1.54, 1.807) is 29.0 Å². The summed E-state index contributed by atoms with van der Waals surface area (Å²) < 4.78 is 2.22. The maximum absolute atomic E-state index is 12.1. The van der Waals surface area contributed by atoms with Crippen molar-refractivity contribution >= 4 is 41.4 Å². The van der Waals surface area contributed by atoms with E-state index >= 15 is 0 Å². The summed E-state index contributed by atoms with van der Waals surface area (Å²) in [5.41, 5.74) is 1.84. The lowest BCUT2D eigenvalue weighted by atomic mass is 10.1. The molecule has 0 atom stereocenters. The van der Waals surface area contributed by atoms with Gasteiger partial charge < -0.3 is 10.2 Å². The smallest absolute Gasteiger partial charge is 0.244 e. The van der Waals surface area contributed by atoms with E-state index in [2.05, 4.69) is 9.62 Å². The minimum absolute atomic E-state index is 0.0249. The Bertz CT molecular complexity index is 628. The van der Waals surface area contributed by atoms with Crippen molar-refractivity contribution in [2.45, 2.75) is 6.92 Å². The van der Waals surface area contributed by atoms with Gasteiger partial charge in [-0.3, -0.25) is 9.59 Å². The summed E-state index contributed by atoms with van der Waals surface area (Å²) in [4.78, 5) is 25.7. The molecule has 0 aromatic heterocycles. The predicted molar refractivity (Wildman–Crippen MR) is 99.9 cm³/mol. The third-order valence-corrected chi connectivity index (χ3v) is 5.18. The van der Waals surface area contributed by atoms with E-state index in [4.69, 9.17) is 11.6 Å². The van der Waals surface area contributed by atoms with Crippen LogP contribution in [0.2, 0.25) is 5.02 Å². The molecule has 0 spiro atoms. The maximum atomic E-state index is 12.1. The van der Waals surface area contributed by atoms with Crippen LogP contribution in [-0.4, -0.2) is 60.0 Å². The molecular formula is C17H22ClN3O2S. The third kappa shape index (κ3) is 5.54. The molecule has 2 amide bonds. The maximum Gasteiger partial charge on any atom is 0.244 e. The number of aryl methyl sites for hydroxylation is 1. The number of nitrogens with zero attached hydrogens (tertiary/aromatic N) is 2. The highest BCUT2D eigenvalue weighted by molar-refractivity contribution is 7.96. The van der Waals surface area contributed by atoms with Crippen LogP contribution in [0.4, 0.5) is 0 Å². The van der Waals surface area contributed by atoms with Gasteiger partial charge in [0.05, 0.1) is 6.54 Å². The molecule has 1 aromatic rings. The van der Waals surface area contributed by atoms with Crippen LogP contribution < -0.4 is 5.32 Å². The molecule has 7 heteroatoms. The first-order chi connectivity index (χ1) is 11.5. The van der Waals surface area contributed by atoms with Crippen LogP contribution in [0.15, 0.2) is 24.3 Å². The molecule has 1 aromatic carbocycles. The number of carbonyl (C=O) groups excluding carboxylic acids is 2. The van der Waals surface area contributed by atoms with Gasteiger partial charge in [-0.05, 0) is 36.4 Å². The number of hydrogen-bond acceptors (Lipinski definition) is 4. The number of benzene rings is 1. The van der Waals surface area contributed by atoms with Gasteiger partial charge in [-0.15, -0.1) is 0 Å². The first-order valence-corrected chi connectivity index (χ1v) is 9.34. The van der Waals surface area contributed by atoms with Crippen molar-refractivity contribution in [3.05, 3.63) is 40.4 Å². The average molecular weight is 368 g/mol. The van der Waals surface area contributed by atoms with Gasteiger partial charge in [-0.1, -0.05) is 35.7 Å². The fourth-order valence-electron chi connectivity index (χ4n) is 2.34. The Morgan fingerprint density at radius 1 is 1.29 bits per heavy atom. The van der Waals surface area contributed by atoms with E-state index in [9.17, 15) is 9.59 Å². The van der Waals surface area contributed by atoms with E-state index in [1.165, 1.54) is 6.08 Å². The van der Waals surface area contributed by atoms with Crippen LogP contribution in [-0.2, 0) is 9.59 Å². The Hall–Kier alpha value is -1.50. The Morgan fingerprint density at radius 2 is 2.00 bits per heavy atom. The van der Waals surface area contributed by atoms with Gasteiger partial charge in [0.25, 0.3) is 0 Å². The summed E-state index contributed by atoms with van der Waals surface area (Å²) in [6.07, 6.45) is 5.13. The normalized spacial score (nSPS) is 15.7. The molecule has 2 rings (SSSR count). The van der Waals surface area contributed by atoms with Gasteiger partial charge >= 0.3 is 0 Å². The molecule has 1 saturated heterocycles. The lowest BCUT2D eigenvalue weighted by molar-refractivity contribution is -0.133. The fourth-order valence-corrected chi connectivity index (χ4v) is 3.06. The molecule has 0 radical (unpaired) electrons. The topological polar surface area (TPSA) is 52.6 Å². The average Bonchev–Trinajstić information content (AvgIpc) is 2.60. The number of amides is 2. The summed E-state index contributed by atoms with van der Waals surface area (Å²) in [6, 6.07) is 5.59. The molecule has 0 saturated carbocycles. The number of nitrogens with one attached hydrogen (secondary N) is 1. The largest absolute Gasteiger partial charge is 0.343 e. The van der Waals surface area contributed by atoms with E-state index in [0.717, 1.165) is 24.2 Å². The van der Waals surface area contributed by atoms with Crippen molar-refractivity contribution < 1.29 is 9.59 Å². The highest BCUT2D eigenvalue weighted by Gasteiger charge is 2.20. The lowest BCUT2D eigenvalue weighted by Gasteiger charge is -2.33. The lowest BCUT2D eigenvalue weighted by Crippen LogP contribution is -2.49. The van der Waals surface area contributed by atoms with Crippen molar-refractivity contribution in [3.8, 4) is 0 Å². The zero-order chi connectivity index (χ0) is 17.5. The second-order valence-corrected chi connectivity index (χ2v) is 6.84. The van der Waals surface area contributed by atoms with Gasteiger partial charge in [-0.25, -0.2) is 4.31 Å². The Kier molecular flexibility index (Phi) is 7.15. The van der Waals surface area contributed by atoms with Crippen LogP contribution in [0.5, 0.6) is 0 Å². The quantitative estimate of drug-likeness (QED) is 0.640. The second-order valence-electron chi connectivity index (χ2n) is 5.55. The van der Waals surface area contributed by atoms with Gasteiger partial charge in [0.2, 0.25) is 11.8 Å². The molecule has 0 unspecified atom stereocenters. The summed E-state index contributed by atoms with van der Waals surface area (Å²) in [5, 5.41) is 3.30. The van der Waals surface area contributed by atoms with Crippen molar-refractivity contribution in [2.24, 2.45) is 0 Å². The minimum Gasteiger partial charge on any atom is -0.343 e. The summed E-state index contributed by atoms with van der Waals surface area (Å²) in [7, 11) is 0. The molecule has 5 nitrogen and oxygen atoms in total. The molecule has 1 fully saturated rings. The Labute approximate surface area is 152 Å². The van der Waals surface area contributed by atoms with Crippen LogP contribution >= 0.6 is 23.5 Å². The van der Waals surface area contributed by atoms with Crippen molar-refractivity contribution in [1.29, 1.82) is 0 Å². The summed E-state index contributed by atoms with van der Waals surface area (Å²) in [6.45, 7) is 5.06. The Morgan fingerprint density at radius 3 is 2.62 bits per heavy atom. The SMILES string of the molecule is CSN1CCN(C(=O)CNC(=O)/C=C/c2ccc(C)c(Cl)c2)CC1. The van der Waals surface area contributed by atoms with Crippen LogP contribution in [0.3, 0.4) is 0 Å². The van der Waals surface area contributed by atoms with Gasteiger partial charge in [0, 0.05) is 37.3 Å². The standard InChI is InChI=1S/C17H22ClN3O2S/c1-13-3-4-14(11-15(13)18)5-6-16(22)19-12-17(23)20-7-9-21(24-2)10-8-20/h3-6,11H,7-10,12H2,1-2H3,(H,19,22)/b6-5+. The zero-order valence-electron chi connectivity index (χ0n) is 13.9. The molecule has 1 heterocycles. The molecule has 24 heavy (non-hydrogen) atoms. The Balaban J connectivity index is 1.77. The molecule has 1 N–H and O–H groups in total. The van der Waals surface area contributed by atoms with Crippen molar-refractivity contribution in [3.63, 3.8) is 0 Å². The van der Waals surface area contributed by atoms with Gasteiger partial charge in [-0.2, -0.15) is 0 Å². The number of carbonyl (C=O) groups is 2. The summed E-state index contributed by atoms with van der Waals surface area (Å²) in [5.74, 6) is -0.335. The number of hydrogen-bond donors (Lipinski definition) is 1. The number of piperazine rings is 1. The van der Waals surface area contributed by atoms with Gasteiger partial charge in [0.15, 0.2) is 0 Å². The monoisotopic (exact) mass is 367 g/mol. The predicted octanol–water partition coefficient (Wildman–Crippen LogP) is 2.20. The number of rotatable bonds is 5. The van der Waals surface area contributed by atoms with Crippen LogP contribution in [0, 0.1) is 6.92 Å². The molecule has 1 aliphatic heterocycles. The van der Waals surface area contributed by atoms with E-state index in [0.29, 0.717) is 18.1 Å². The third-order valence-electron chi connectivity index (χ3n) is 3.89. The molecule has 0 aliphatic carbocycles. The van der Waals surface area contributed by atoms with Crippen molar-refractivity contribution in [2.75, 3.05) is 39.0 Å². The second kappa shape index (κ2) is 9.11.